The van der Waals surface area contributed by atoms with E-state index in [1.54, 1.807) is 0 Å². The van der Waals surface area contributed by atoms with Crippen LogP contribution in [-0.4, -0.2) is 0 Å². The summed E-state index contributed by atoms with van der Waals surface area (Å²) in [6.07, 6.45) is 0. The summed E-state index contributed by atoms with van der Waals surface area (Å²) in [5.74, 6) is 0. The largest absolute Gasteiger partial charge is 0.0616 e. The van der Waals surface area contributed by atoms with Crippen molar-refractivity contribution < 1.29 is 0 Å². The van der Waals surface area contributed by atoms with Gasteiger partial charge in [0, 0.05) is 5.41 Å². The Bertz CT molecular complexity index is 1700. The van der Waals surface area contributed by atoms with Crippen molar-refractivity contribution in [1.29, 1.82) is 0 Å². The molecule has 0 bridgehead atoms. The topological polar surface area (TPSA) is 0 Å². The molecular formula is C31H22. The Hall–Kier alpha value is -3.64. The fraction of sp³-hybridized carbons (Fsp3) is 0.0968. The van der Waals surface area contributed by atoms with Gasteiger partial charge in [0.2, 0.25) is 0 Å². The van der Waals surface area contributed by atoms with Crippen LogP contribution in [0, 0.1) is 0 Å². The molecule has 0 unspecified atom stereocenters. The predicted molar refractivity (Wildman–Crippen MR) is 134 cm³/mol. The Balaban J connectivity index is 1.81. The number of fused-ring (bicyclic) bond motifs is 8. The van der Waals surface area contributed by atoms with Crippen molar-refractivity contribution in [2.75, 3.05) is 0 Å². The lowest BCUT2D eigenvalue weighted by atomic mass is 9.67. The number of hydrogen-bond acceptors (Lipinski definition) is 0. The zero-order valence-electron chi connectivity index (χ0n) is 17.7. The van der Waals surface area contributed by atoms with Gasteiger partial charge in [-0.1, -0.05) is 105 Å². The van der Waals surface area contributed by atoms with Crippen LogP contribution in [0.4, 0.5) is 0 Å². The maximum Gasteiger partial charge on any atom is 0.0159 e. The van der Waals surface area contributed by atoms with Crippen molar-refractivity contribution >= 4 is 43.1 Å². The molecule has 146 valence electrons. The molecule has 6 aromatic rings. The van der Waals surface area contributed by atoms with Crippen LogP contribution in [-0.2, 0) is 5.41 Å². The molecule has 0 saturated heterocycles. The lowest BCUT2D eigenvalue weighted by Gasteiger charge is -2.36. The van der Waals surface area contributed by atoms with Gasteiger partial charge in [0.1, 0.15) is 0 Å². The maximum absolute atomic E-state index is 2.43. The SMILES string of the molecule is CC1(C)c2ccc3ccc4ccccc4c3c2-c2cc3ccccc3c3cccc1c23. The summed E-state index contributed by atoms with van der Waals surface area (Å²) < 4.78 is 0. The Morgan fingerprint density at radius 3 is 2.03 bits per heavy atom. The Kier molecular flexibility index (Phi) is 3.16. The molecule has 0 spiro atoms. The van der Waals surface area contributed by atoms with Gasteiger partial charge in [-0.05, 0) is 71.4 Å². The van der Waals surface area contributed by atoms with Crippen molar-refractivity contribution in [2.45, 2.75) is 19.3 Å². The average Bonchev–Trinajstić information content (AvgIpc) is 2.81. The first-order chi connectivity index (χ1) is 15.1. The second kappa shape index (κ2) is 5.74. The van der Waals surface area contributed by atoms with E-state index in [0.717, 1.165) is 0 Å². The highest BCUT2D eigenvalue weighted by Gasteiger charge is 2.34. The second-order valence-electron chi connectivity index (χ2n) is 9.37. The first-order valence-corrected chi connectivity index (χ1v) is 11.0. The van der Waals surface area contributed by atoms with E-state index < -0.39 is 0 Å². The van der Waals surface area contributed by atoms with Crippen LogP contribution >= 0.6 is 0 Å². The van der Waals surface area contributed by atoms with Crippen LogP contribution in [0.5, 0.6) is 0 Å². The highest BCUT2D eigenvalue weighted by molar-refractivity contribution is 6.23. The molecule has 0 atom stereocenters. The molecule has 0 amide bonds. The summed E-state index contributed by atoms with van der Waals surface area (Å²) in [5.41, 5.74) is 5.58. The van der Waals surface area contributed by atoms with Crippen molar-refractivity contribution in [3.63, 3.8) is 0 Å². The third-order valence-electron chi connectivity index (χ3n) is 7.41. The van der Waals surface area contributed by atoms with Crippen LogP contribution in [0.25, 0.3) is 54.2 Å². The van der Waals surface area contributed by atoms with Gasteiger partial charge in [0.05, 0.1) is 0 Å². The third-order valence-corrected chi connectivity index (χ3v) is 7.41. The minimum Gasteiger partial charge on any atom is -0.0616 e. The van der Waals surface area contributed by atoms with E-state index in [2.05, 4.69) is 111 Å². The zero-order chi connectivity index (χ0) is 20.7. The van der Waals surface area contributed by atoms with E-state index in [0.29, 0.717) is 0 Å². The normalized spacial score (nSPS) is 14.4. The summed E-state index contributed by atoms with van der Waals surface area (Å²) in [6, 6.07) is 36.1. The molecule has 0 N–H and O–H groups in total. The standard InChI is InChI=1S/C31H22/c1-31(2)26-13-7-12-24-22-10-5-4-9-21(22)18-25(29(24)26)30-27(31)17-16-20-15-14-19-8-3-6-11-23(19)28(20)30/h3-18H,1-2H3. The molecule has 6 aromatic carbocycles. The first-order valence-electron chi connectivity index (χ1n) is 11.0. The van der Waals surface area contributed by atoms with E-state index in [-0.39, 0.29) is 5.41 Å². The Morgan fingerprint density at radius 1 is 0.484 bits per heavy atom. The molecule has 1 aliphatic rings. The number of hydrogen-bond donors (Lipinski definition) is 0. The van der Waals surface area contributed by atoms with Gasteiger partial charge in [-0.25, -0.2) is 0 Å². The molecule has 0 radical (unpaired) electrons. The van der Waals surface area contributed by atoms with Gasteiger partial charge in [-0.15, -0.1) is 0 Å². The van der Waals surface area contributed by atoms with Crippen LogP contribution in [0.1, 0.15) is 25.0 Å². The van der Waals surface area contributed by atoms with Crippen LogP contribution in [0.3, 0.4) is 0 Å². The van der Waals surface area contributed by atoms with Gasteiger partial charge < -0.3 is 0 Å². The molecule has 0 saturated carbocycles. The van der Waals surface area contributed by atoms with Crippen molar-refractivity contribution in [2.24, 2.45) is 0 Å². The highest BCUT2D eigenvalue weighted by atomic mass is 14.4. The second-order valence-corrected chi connectivity index (χ2v) is 9.37. The zero-order valence-corrected chi connectivity index (χ0v) is 17.7. The molecule has 0 nitrogen and oxygen atoms in total. The minimum atomic E-state index is -0.0601. The summed E-state index contributed by atoms with van der Waals surface area (Å²) in [4.78, 5) is 0. The molecule has 0 heterocycles. The number of benzene rings is 6. The molecular weight excluding hydrogens is 372 g/mol. The molecule has 7 rings (SSSR count). The summed E-state index contributed by atoms with van der Waals surface area (Å²) in [6.45, 7) is 4.77. The molecule has 0 heteroatoms. The van der Waals surface area contributed by atoms with E-state index in [4.69, 9.17) is 0 Å². The van der Waals surface area contributed by atoms with Gasteiger partial charge in [0.25, 0.3) is 0 Å². The summed E-state index contributed by atoms with van der Waals surface area (Å²) >= 11 is 0. The Morgan fingerprint density at radius 2 is 1.16 bits per heavy atom. The van der Waals surface area contributed by atoms with Crippen LogP contribution in [0.2, 0.25) is 0 Å². The fourth-order valence-corrected chi connectivity index (χ4v) is 5.92. The predicted octanol–water partition coefficient (Wildman–Crippen LogP) is 8.61. The molecule has 0 aliphatic heterocycles. The van der Waals surface area contributed by atoms with E-state index in [1.807, 2.05) is 0 Å². The summed E-state index contributed by atoms with van der Waals surface area (Å²) in [7, 11) is 0. The van der Waals surface area contributed by atoms with Crippen LogP contribution in [0.15, 0.2) is 97.1 Å². The average molecular weight is 395 g/mol. The van der Waals surface area contributed by atoms with Gasteiger partial charge in [-0.3, -0.25) is 0 Å². The van der Waals surface area contributed by atoms with E-state index >= 15 is 0 Å². The quantitative estimate of drug-likeness (QED) is 0.226. The van der Waals surface area contributed by atoms with E-state index in [1.165, 1.54) is 65.3 Å². The fourth-order valence-electron chi connectivity index (χ4n) is 5.92. The summed E-state index contributed by atoms with van der Waals surface area (Å²) in [5, 5.41) is 10.8. The van der Waals surface area contributed by atoms with Crippen molar-refractivity contribution in [3.8, 4) is 11.1 Å². The van der Waals surface area contributed by atoms with Gasteiger partial charge in [0.15, 0.2) is 0 Å². The lowest BCUT2D eigenvalue weighted by Crippen LogP contribution is -2.23. The molecule has 1 aliphatic carbocycles. The smallest absolute Gasteiger partial charge is 0.0159 e. The van der Waals surface area contributed by atoms with Gasteiger partial charge >= 0.3 is 0 Å². The lowest BCUT2D eigenvalue weighted by molar-refractivity contribution is 0.646. The molecule has 0 aromatic heterocycles. The van der Waals surface area contributed by atoms with Crippen molar-refractivity contribution in [3.05, 3.63) is 108 Å². The maximum atomic E-state index is 2.43. The molecule has 0 fully saturated rings. The van der Waals surface area contributed by atoms with Crippen molar-refractivity contribution in [1.82, 2.24) is 0 Å². The molecule has 31 heavy (non-hydrogen) atoms. The monoisotopic (exact) mass is 394 g/mol. The highest BCUT2D eigenvalue weighted by Crippen LogP contribution is 2.53. The Labute approximate surface area is 181 Å². The van der Waals surface area contributed by atoms with E-state index in [9.17, 15) is 0 Å². The third kappa shape index (κ3) is 2.10. The first kappa shape index (κ1) is 17.1. The van der Waals surface area contributed by atoms with Crippen LogP contribution < -0.4 is 0 Å². The number of rotatable bonds is 0. The van der Waals surface area contributed by atoms with Gasteiger partial charge in [-0.2, -0.15) is 0 Å². The minimum absolute atomic E-state index is 0.0601.